The number of nitrogens with one attached hydrogen (secondary N) is 2. The van der Waals surface area contributed by atoms with Gasteiger partial charge in [-0.1, -0.05) is 18.2 Å². The maximum Gasteiger partial charge on any atom is 0.291 e. The largest absolute Gasteiger partial charge is 0.455 e. The third kappa shape index (κ3) is 3.67. The average Bonchev–Trinajstić information content (AvgIpc) is 3.06. The molecule has 6 heteroatoms. The monoisotopic (exact) mass is 377 g/mol. The Labute approximate surface area is 162 Å². The van der Waals surface area contributed by atoms with Crippen molar-refractivity contribution in [3.8, 4) is 0 Å². The molecule has 0 atom stereocenters. The first kappa shape index (κ1) is 18.0. The summed E-state index contributed by atoms with van der Waals surface area (Å²) in [5.74, 6) is 0.341. The number of rotatable bonds is 4. The topological polar surface area (TPSA) is 66.6 Å². The third-order valence-electron chi connectivity index (χ3n) is 4.73. The summed E-state index contributed by atoms with van der Waals surface area (Å²) in [4.78, 5) is 12.7. The number of aryl methyl sites for hydroxylation is 1. The molecule has 0 unspecified atom stereocenters. The summed E-state index contributed by atoms with van der Waals surface area (Å²) in [7, 11) is 0. The van der Waals surface area contributed by atoms with Crippen LogP contribution in [0.4, 0.5) is 15.8 Å². The van der Waals surface area contributed by atoms with Crippen LogP contribution in [0.15, 0.2) is 64.1 Å². The first-order valence-corrected chi connectivity index (χ1v) is 9.19. The van der Waals surface area contributed by atoms with Crippen LogP contribution < -0.4 is 10.7 Å². The van der Waals surface area contributed by atoms with E-state index in [1.165, 1.54) is 24.3 Å². The summed E-state index contributed by atoms with van der Waals surface area (Å²) in [6, 6.07) is 15.3. The number of furan rings is 1. The molecule has 1 aliphatic rings. The quantitative estimate of drug-likeness (QED) is 0.619. The van der Waals surface area contributed by atoms with Gasteiger partial charge in [-0.25, -0.2) is 4.39 Å². The van der Waals surface area contributed by atoms with Crippen LogP contribution in [0.2, 0.25) is 0 Å². The predicted molar refractivity (Wildman–Crippen MR) is 107 cm³/mol. The summed E-state index contributed by atoms with van der Waals surface area (Å²) in [6.45, 7) is 1.87. The van der Waals surface area contributed by atoms with Crippen LogP contribution in [-0.4, -0.2) is 11.6 Å². The van der Waals surface area contributed by atoms with Crippen molar-refractivity contribution in [3.05, 3.63) is 83.1 Å². The number of hydrazone groups is 1. The van der Waals surface area contributed by atoms with Crippen LogP contribution in [-0.2, 0) is 6.42 Å². The standard InChI is InChI=1S/C22H20FN3O2/c1-14-20-18(26-25-17-6-3-2-4-7-17)8-5-9-19(20)28-21(14)22(27)24-16-12-10-15(23)11-13-16/h2-4,6-7,10-13,25H,5,8-9H2,1H3,(H,24,27)/b26-18+. The van der Waals surface area contributed by atoms with E-state index in [4.69, 9.17) is 4.42 Å². The van der Waals surface area contributed by atoms with Crippen LogP contribution in [0, 0.1) is 12.7 Å². The molecule has 0 saturated carbocycles. The van der Waals surface area contributed by atoms with E-state index in [1.54, 1.807) is 0 Å². The molecule has 0 aliphatic heterocycles. The van der Waals surface area contributed by atoms with E-state index in [-0.39, 0.29) is 17.5 Å². The van der Waals surface area contributed by atoms with Gasteiger partial charge in [0.25, 0.3) is 5.91 Å². The Kier molecular flexibility index (Phi) is 4.93. The molecule has 5 nitrogen and oxygen atoms in total. The van der Waals surface area contributed by atoms with Crippen molar-refractivity contribution < 1.29 is 13.6 Å². The molecule has 0 saturated heterocycles. The highest BCUT2D eigenvalue weighted by molar-refractivity contribution is 6.09. The number of halogens is 1. The molecule has 1 amide bonds. The van der Waals surface area contributed by atoms with Gasteiger partial charge < -0.3 is 9.73 Å². The molecule has 3 aromatic rings. The SMILES string of the molecule is Cc1c(C(=O)Nc2ccc(F)cc2)oc2c1/C(=N/Nc1ccccc1)CCC2. The molecule has 1 aromatic heterocycles. The second kappa shape index (κ2) is 7.68. The Morgan fingerprint density at radius 3 is 2.54 bits per heavy atom. The second-order valence-electron chi connectivity index (χ2n) is 6.71. The van der Waals surface area contributed by atoms with E-state index < -0.39 is 0 Å². The predicted octanol–water partition coefficient (Wildman–Crippen LogP) is 5.13. The number of carbonyl (C=O) groups is 1. The Morgan fingerprint density at radius 2 is 1.79 bits per heavy atom. The lowest BCUT2D eigenvalue weighted by Crippen LogP contribution is -2.14. The molecular weight excluding hydrogens is 357 g/mol. The van der Waals surface area contributed by atoms with Gasteiger partial charge in [0.1, 0.15) is 11.6 Å². The fourth-order valence-electron chi connectivity index (χ4n) is 3.36. The smallest absolute Gasteiger partial charge is 0.291 e. The molecule has 0 fully saturated rings. The summed E-state index contributed by atoms with van der Waals surface area (Å²) in [5.41, 5.74) is 7.04. The zero-order chi connectivity index (χ0) is 19.5. The molecule has 0 bridgehead atoms. The third-order valence-corrected chi connectivity index (χ3v) is 4.73. The molecule has 2 aromatic carbocycles. The number of fused-ring (bicyclic) bond motifs is 1. The maximum absolute atomic E-state index is 13.1. The van der Waals surface area contributed by atoms with Crippen molar-refractivity contribution in [2.24, 2.45) is 5.10 Å². The minimum absolute atomic E-state index is 0.267. The lowest BCUT2D eigenvalue weighted by molar-refractivity contribution is 0.0994. The summed E-state index contributed by atoms with van der Waals surface area (Å²) < 4.78 is 18.9. The van der Waals surface area contributed by atoms with Crippen molar-refractivity contribution >= 4 is 23.0 Å². The number of hydrogen-bond donors (Lipinski definition) is 2. The maximum atomic E-state index is 13.1. The highest BCUT2D eigenvalue weighted by Gasteiger charge is 2.28. The zero-order valence-corrected chi connectivity index (χ0v) is 15.5. The van der Waals surface area contributed by atoms with E-state index >= 15 is 0 Å². The fraction of sp³-hybridized carbons (Fsp3) is 0.182. The Bertz CT molecular complexity index is 1020. The van der Waals surface area contributed by atoms with Crippen molar-refractivity contribution in [1.82, 2.24) is 0 Å². The van der Waals surface area contributed by atoms with E-state index in [0.717, 1.165) is 47.5 Å². The van der Waals surface area contributed by atoms with Crippen molar-refractivity contribution in [2.45, 2.75) is 26.2 Å². The number of benzene rings is 2. The van der Waals surface area contributed by atoms with Crippen molar-refractivity contribution in [3.63, 3.8) is 0 Å². The number of anilines is 2. The van der Waals surface area contributed by atoms with Gasteiger partial charge in [-0.15, -0.1) is 0 Å². The fourth-order valence-corrected chi connectivity index (χ4v) is 3.36. The molecule has 4 rings (SSSR count). The molecule has 1 heterocycles. The summed E-state index contributed by atoms with van der Waals surface area (Å²) >= 11 is 0. The van der Waals surface area contributed by atoms with Crippen LogP contribution in [0.5, 0.6) is 0 Å². The lowest BCUT2D eigenvalue weighted by Gasteiger charge is -2.13. The molecule has 2 N–H and O–H groups in total. The van der Waals surface area contributed by atoms with Gasteiger partial charge in [-0.05, 0) is 56.2 Å². The van der Waals surface area contributed by atoms with Gasteiger partial charge >= 0.3 is 0 Å². The van der Waals surface area contributed by atoms with E-state index in [9.17, 15) is 9.18 Å². The van der Waals surface area contributed by atoms with Gasteiger partial charge in [0.15, 0.2) is 5.76 Å². The van der Waals surface area contributed by atoms with Gasteiger partial charge in [0, 0.05) is 23.2 Å². The Balaban J connectivity index is 1.59. The highest BCUT2D eigenvalue weighted by Crippen LogP contribution is 2.30. The Morgan fingerprint density at radius 1 is 1.04 bits per heavy atom. The van der Waals surface area contributed by atoms with Crippen LogP contribution in [0.3, 0.4) is 0 Å². The number of para-hydroxylation sites is 1. The molecule has 1 aliphatic carbocycles. The molecular formula is C22H20FN3O2. The minimum Gasteiger partial charge on any atom is -0.455 e. The molecule has 0 spiro atoms. The van der Waals surface area contributed by atoms with Crippen LogP contribution >= 0.6 is 0 Å². The van der Waals surface area contributed by atoms with Crippen molar-refractivity contribution in [1.29, 1.82) is 0 Å². The van der Waals surface area contributed by atoms with Gasteiger partial charge in [0.05, 0.1) is 11.4 Å². The first-order valence-electron chi connectivity index (χ1n) is 9.19. The van der Waals surface area contributed by atoms with Crippen molar-refractivity contribution in [2.75, 3.05) is 10.7 Å². The minimum atomic E-state index is -0.353. The number of nitrogens with zero attached hydrogens (tertiary/aromatic N) is 1. The zero-order valence-electron chi connectivity index (χ0n) is 15.5. The Hall–Kier alpha value is -3.41. The highest BCUT2D eigenvalue weighted by atomic mass is 19.1. The molecule has 142 valence electrons. The number of amides is 1. The van der Waals surface area contributed by atoms with E-state index in [2.05, 4.69) is 15.8 Å². The van der Waals surface area contributed by atoms with Crippen LogP contribution in [0.1, 0.15) is 40.3 Å². The number of hydrogen-bond acceptors (Lipinski definition) is 4. The van der Waals surface area contributed by atoms with Gasteiger partial charge in [-0.3, -0.25) is 10.2 Å². The lowest BCUT2D eigenvalue weighted by atomic mass is 9.93. The molecule has 0 radical (unpaired) electrons. The summed E-state index contributed by atoms with van der Waals surface area (Å²) in [6.07, 6.45) is 2.49. The first-order chi connectivity index (χ1) is 13.6. The average molecular weight is 377 g/mol. The van der Waals surface area contributed by atoms with Gasteiger partial charge in [0.2, 0.25) is 0 Å². The summed E-state index contributed by atoms with van der Waals surface area (Å²) in [5, 5.41) is 7.31. The second-order valence-corrected chi connectivity index (χ2v) is 6.71. The van der Waals surface area contributed by atoms with Crippen LogP contribution in [0.25, 0.3) is 0 Å². The van der Waals surface area contributed by atoms with Gasteiger partial charge in [-0.2, -0.15) is 5.10 Å². The normalized spacial score (nSPS) is 14.6. The molecule has 28 heavy (non-hydrogen) atoms. The number of carbonyl (C=O) groups excluding carboxylic acids is 1. The van der Waals surface area contributed by atoms with E-state index in [1.807, 2.05) is 37.3 Å². The van der Waals surface area contributed by atoms with E-state index in [0.29, 0.717) is 5.69 Å².